The molecule has 0 spiro atoms. The van der Waals surface area contributed by atoms with E-state index in [0.717, 1.165) is 16.2 Å². The van der Waals surface area contributed by atoms with Gasteiger partial charge in [0.2, 0.25) is 0 Å². The van der Waals surface area contributed by atoms with E-state index in [0.29, 0.717) is 21.8 Å². The van der Waals surface area contributed by atoms with Gasteiger partial charge in [0, 0.05) is 16.0 Å². The molecule has 2 aromatic rings. The summed E-state index contributed by atoms with van der Waals surface area (Å²) in [7, 11) is 0. The van der Waals surface area contributed by atoms with Crippen molar-refractivity contribution >= 4 is 28.9 Å². The topological polar surface area (TPSA) is 53.8 Å². The van der Waals surface area contributed by atoms with Crippen molar-refractivity contribution in [3.8, 4) is 16.5 Å². The molecular formula is C15H14N2OS2. The number of hydrogen-bond acceptors (Lipinski definition) is 5. The maximum atomic E-state index is 12.0. The molecule has 0 N–H and O–H groups in total. The van der Waals surface area contributed by atoms with E-state index < -0.39 is 0 Å². The summed E-state index contributed by atoms with van der Waals surface area (Å²) in [5, 5.41) is 12.2. The molecule has 0 atom stereocenters. The van der Waals surface area contributed by atoms with Crippen LogP contribution in [0.15, 0.2) is 22.5 Å². The quantitative estimate of drug-likeness (QED) is 0.624. The van der Waals surface area contributed by atoms with E-state index in [1.165, 1.54) is 30.0 Å². The Bertz CT molecular complexity index is 685. The van der Waals surface area contributed by atoms with Gasteiger partial charge in [-0.25, -0.2) is 4.98 Å². The fourth-order valence-corrected chi connectivity index (χ4v) is 3.67. The summed E-state index contributed by atoms with van der Waals surface area (Å²) in [5.74, 6) is 0.785. The first-order chi connectivity index (χ1) is 9.60. The minimum Gasteiger partial charge on any atom is -0.294 e. The number of ketones is 1. The second-order valence-corrected chi connectivity index (χ2v) is 6.41. The van der Waals surface area contributed by atoms with Gasteiger partial charge >= 0.3 is 0 Å². The zero-order chi connectivity index (χ0) is 14.7. The van der Waals surface area contributed by atoms with Crippen molar-refractivity contribution < 1.29 is 4.79 Å². The third-order valence-electron chi connectivity index (χ3n) is 2.86. The molecule has 2 aromatic heterocycles. The molecule has 2 heterocycles. The van der Waals surface area contributed by atoms with Crippen molar-refractivity contribution in [2.24, 2.45) is 0 Å². The summed E-state index contributed by atoms with van der Waals surface area (Å²) in [4.78, 5) is 17.4. The predicted octanol–water partition coefficient (Wildman–Crippen LogP) is 4.30. The van der Waals surface area contributed by atoms with Crippen LogP contribution in [0.1, 0.15) is 35.5 Å². The molecule has 0 amide bonds. The maximum Gasteiger partial charge on any atom is 0.162 e. The normalized spacial score (nSPS) is 10.3. The number of aryl methyl sites for hydroxylation is 1. The number of thioether (sulfide) groups is 1. The van der Waals surface area contributed by atoms with Crippen molar-refractivity contribution in [1.29, 1.82) is 5.26 Å². The first kappa shape index (κ1) is 14.8. The molecule has 20 heavy (non-hydrogen) atoms. The summed E-state index contributed by atoms with van der Waals surface area (Å²) < 4.78 is 0. The third kappa shape index (κ3) is 2.62. The fraction of sp³-hybridized carbons (Fsp3) is 0.267. The highest BCUT2D eigenvalue weighted by molar-refractivity contribution is 7.99. The van der Waals surface area contributed by atoms with Crippen molar-refractivity contribution in [3.63, 3.8) is 0 Å². The van der Waals surface area contributed by atoms with Crippen molar-refractivity contribution in [3.05, 3.63) is 34.3 Å². The van der Waals surface area contributed by atoms with E-state index in [1.54, 1.807) is 0 Å². The highest BCUT2D eigenvalue weighted by Crippen LogP contribution is 2.37. The lowest BCUT2D eigenvalue weighted by Gasteiger charge is -2.13. The predicted molar refractivity (Wildman–Crippen MR) is 83.4 cm³/mol. The Hall–Kier alpha value is -1.64. The Morgan fingerprint density at radius 3 is 2.80 bits per heavy atom. The molecule has 0 aliphatic carbocycles. The highest BCUT2D eigenvalue weighted by atomic mass is 32.2. The number of pyridine rings is 1. The number of nitrogens with zero attached hydrogens (tertiary/aromatic N) is 2. The van der Waals surface area contributed by atoms with Crippen LogP contribution in [-0.2, 0) is 0 Å². The van der Waals surface area contributed by atoms with Gasteiger partial charge in [-0.1, -0.05) is 13.0 Å². The fourth-order valence-electron chi connectivity index (χ4n) is 2.12. The number of nitriles is 1. The van der Waals surface area contributed by atoms with Gasteiger partial charge < -0.3 is 0 Å². The zero-order valence-corrected chi connectivity index (χ0v) is 13.2. The summed E-state index contributed by atoms with van der Waals surface area (Å²) in [6, 6.07) is 6.09. The van der Waals surface area contributed by atoms with Crippen LogP contribution < -0.4 is 0 Å². The Balaban J connectivity index is 2.85. The largest absolute Gasteiger partial charge is 0.294 e. The highest BCUT2D eigenvalue weighted by Gasteiger charge is 2.22. The molecule has 0 bridgehead atoms. The maximum absolute atomic E-state index is 12.0. The molecule has 102 valence electrons. The minimum absolute atomic E-state index is 0.0528. The van der Waals surface area contributed by atoms with Crippen molar-refractivity contribution in [2.75, 3.05) is 5.75 Å². The number of carbonyl (C=O) groups excluding carboxylic acids is 1. The lowest BCUT2D eigenvalue weighted by molar-refractivity contribution is 0.101. The van der Waals surface area contributed by atoms with E-state index in [-0.39, 0.29) is 5.78 Å². The SMILES string of the molecule is CCSc1nc(C)c(C(C)=O)c(-c2cccs2)c1C#N. The van der Waals surface area contributed by atoms with Crippen LogP contribution in [0.25, 0.3) is 10.4 Å². The van der Waals surface area contributed by atoms with Crippen LogP contribution in [0.2, 0.25) is 0 Å². The average molecular weight is 302 g/mol. The smallest absolute Gasteiger partial charge is 0.162 e. The molecule has 0 unspecified atom stereocenters. The van der Waals surface area contributed by atoms with Gasteiger partial charge in [-0.05, 0) is 31.0 Å². The van der Waals surface area contributed by atoms with E-state index in [9.17, 15) is 10.1 Å². The summed E-state index contributed by atoms with van der Waals surface area (Å²) >= 11 is 3.06. The van der Waals surface area contributed by atoms with Gasteiger partial charge in [0.25, 0.3) is 0 Å². The molecule has 0 aliphatic heterocycles. The van der Waals surface area contributed by atoms with Gasteiger partial charge in [-0.2, -0.15) is 5.26 Å². The monoisotopic (exact) mass is 302 g/mol. The van der Waals surface area contributed by atoms with E-state index in [2.05, 4.69) is 11.1 Å². The summed E-state index contributed by atoms with van der Waals surface area (Å²) in [6.45, 7) is 5.37. The second kappa shape index (κ2) is 6.21. The number of hydrogen-bond donors (Lipinski definition) is 0. The van der Waals surface area contributed by atoms with Crippen LogP contribution >= 0.6 is 23.1 Å². The number of aromatic nitrogens is 1. The van der Waals surface area contributed by atoms with Gasteiger partial charge in [0.1, 0.15) is 11.1 Å². The van der Waals surface area contributed by atoms with E-state index in [4.69, 9.17) is 0 Å². The molecular weight excluding hydrogens is 288 g/mol. The van der Waals surface area contributed by atoms with Crippen LogP contribution in [0.4, 0.5) is 0 Å². The molecule has 0 radical (unpaired) electrons. The van der Waals surface area contributed by atoms with Crippen LogP contribution in [-0.4, -0.2) is 16.5 Å². The zero-order valence-electron chi connectivity index (χ0n) is 11.6. The molecule has 0 aliphatic rings. The van der Waals surface area contributed by atoms with Gasteiger partial charge in [0.05, 0.1) is 11.3 Å². The number of rotatable bonds is 4. The summed E-state index contributed by atoms with van der Waals surface area (Å²) in [6.07, 6.45) is 0. The lowest BCUT2D eigenvalue weighted by atomic mass is 9.98. The Labute approximate surface area is 126 Å². The molecule has 3 nitrogen and oxygen atoms in total. The Morgan fingerprint density at radius 2 is 2.30 bits per heavy atom. The third-order valence-corrected chi connectivity index (χ3v) is 4.60. The molecule has 2 rings (SSSR count). The average Bonchev–Trinajstić information content (AvgIpc) is 2.91. The van der Waals surface area contributed by atoms with E-state index in [1.807, 2.05) is 31.4 Å². The van der Waals surface area contributed by atoms with Gasteiger partial charge in [-0.15, -0.1) is 23.1 Å². The molecule has 0 aromatic carbocycles. The first-order valence-corrected chi connectivity index (χ1v) is 8.09. The molecule has 0 saturated heterocycles. The van der Waals surface area contributed by atoms with Crippen LogP contribution in [0, 0.1) is 18.3 Å². The first-order valence-electron chi connectivity index (χ1n) is 6.22. The van der Waals surface area contributed by atoms with Crippen molar-refractivity contribution in [2.45, 2.75) is 25.8 Å². The van der Waals surface area contributed by atoms with Gasteiger partial charge in [-0.3, -0.25) is 4.79 Å². The van der Waals surface area contributed by atoms with E-state index >= 15 is 0 Å². The van der Waals surface area contributed by atoms with Crippen molar-refractivity contribution in [1.82, 2.24) is 4.98 Å². The van der Waals surface area contributed by atoms with Gasteiger partial charge in [0.15, 0.2) is 5.78 Å². The minimum atomic E-state index is -0.0528. The van der Waals surface area contributed by atoms with Crippen LogP contribution in [0.5, 0.6) is 0 Å². The molecule has 0 saturated carbocycles. The number of thiophene rings is 1. The second-order valence-electron chi connectivity index (χ2n) is 4.21. The number of carbonyl (C=O) groups is 1. The number of Topliss-reactive ketones (excluding diaryl/α,β-unsaturated/α-hetero) is 1. The van der Waals surface area contributed by atoms with Crippen LogP contribution in [0.3, 0.4) is 0 Å². The Kier molecular flexibility index (Phi) is 4.58. The Morgan fingerprint density at radius 1 is 1.55 bits per heavy atom. The molecule has 0 fully saturated rings. The lowest BCUT2D eigenvalue weighted by Crippen LogP contribution is -2.06. The summed E-state index contributed by atoms with van der Waals surface area (Å²) in [5.41, 5.74) is 2.49. The standard InChI is InChI=1S/C15H14N2OS2/c1-4-19-15-11(8-16)14(12-6-5-7-20-12)13(10(3)18)9(2)17-15/h5-7H,4H2,1-3H3. The molecule has 5 heteroatoms.